The fourth-order valence-electron chi connectivity index (χ4n) is 2.32. The number of piperidine rings is 1. The van der Waals surface area contributed by atoms with Crippen LogP contribution in [0.4, 0.5) is 5.69 Å². The van der Waals surface area contributed by atoms with Gasteiger partial charge in [0.2, 0.25) is 5.91 Å². The number of rotatable bonds is 3. The lowest BCUT2D eigenvalue weighted by Gasteiger charge is -2.32. The molecular formula is C14H18N4O. The van der Waals surface area contributed by atoms with Crippen LogP contribution in [0.15, 0.2) is 24.3 Å². The van der Waals surface area contributed by atoms with Crippen molar-refractivity contribution < 1.29 is 4.79 Å². The first kappa shape index (κ1) is 13.4. The molecule has 1 aromatic rings. The van der Waals surface area contributed by atoms with E-state index in [1.165, 1.54) is 0 Å². The number of amides is 1. The van der Waals surface area contributed by atoms with Gasteiger partial charge in [-0.15, -0.1) is 0 Å². The molecule has 19 heavy (non-hydrogen) atoms. The first-order chi connectivity index (χ1) is 9.22. The number of nitrogens with zero attached hydrogens (tertiary/aromatic N) is 2. The van der Waals surface area contributed by atoms with Crippen molar-refractivity contribution in [3.8, 4) is 6.07 Å². The van der Waals surface area contributed by atoms with Crippen LogP contribution in [0.2, 0.25) is 0 Å². The van der Waals surface area contributed by atoms with E-state index in [9.17, 15) is 4.79 Å². The molecule has 0 spiro atoms. The van der Waals surface area contributed by atoms with Gasteiger partial charge in [0.25, 0.3) is 0 Å². The van der Waals surface area contributed by atoms with E-state index in [1.807, 2.05) is 23.1 Å². The predicted molar refractivity (Wildman–Crippen MR) is 73.4 cm³/mol. The highest BCUT2D eigenvalue weighted by Crippen LogP contribution is 2.17. The van der Waals surface area contributed by atoms with Gasteiger partial charge in [-0.25, -0.2) is 0 Å². The molecule has 1 saturated heterocycles. The molecule has 0 aliphatic carbocycles. The maximum atomic E-state index is 11.5. The SMILES string of the molecule is N#Cc1cccc(NC2CCN(C(=O)CN)CC2)c1. The molecular weight excluding hydrogens is 240 g/mol. The van der Waals surface area contributed by atoms with E-state index in [-0.39, 0.29) is 12.5 Å². The molecule has 0 saturated carbocycles. The Morgan fingerprint density at radius 2 is 2.21 bits per heavy atom. The maximum Gasteiger partial charge on any atom is 0.236 e. The number of carbonyl (C=O) groups excluding carboxylic acids is 1. The molecule has 5 heteroatoms. The number of nitrogens with two attached hydrogens (primary N) is 1. The van der Waals surface area contributed by atoms with Gasteiger partial charge >= 0.3 is 0 Å². The highest BCUT2D eigenvalue weighted by Gasteiger charge is 2.21. The van der Waals surface area contributed by atoms with Gasteiger partial charge in [0, 0.05) is 24.8 Å². The van der Waals surface area contributed by atoms with E-state index in [4.69, 9.17) is 11.0 Å². The third-order valence-electron chi connectivity index (χ3n) is 3.38. The second-order valence-corrected chi connectivity index (χ2v) is 4.70. The molecule has 2 rings (SSSR count). The molecule has 3 N–H and O–H groups in total. The number of anilines is 1. The third-order valence-corrected chi connectivity index (χ3v) is 3.38. The molecule has 1 aliphatic rings. The molecule has 0 aromatic heterocycles. The first-order valence-electron chi connectivity index (χ1n) is 6.47. The Labute approximate surface area is 113 Å². The molecule has 1 aliphatic heterocycles. The minimum absolute atomic E-state index is 0.0185. The van der Waals surface area contributed by atoms with Gasteiger partial charge in [0.1, 0.15) is 0 Å². The summed E-state index contributed by atoms with van der Waals surface area (Å²) in [6, 6.07) is 9.93. The number of carbonyl (C=O) groups is 1. The minimum Gasteiger partial charge on any atom is -0.382 e. The van der Waals surface area contributed by atoms with E-state index in [0.29, 0.717) is 11.6 Å². The highest BCUT2D eigenvalue weighted by atomic mass is 16.2. The van der Waals surface area contributed by atoms with Crippen LogP contribution in [-0.4, -0.2) is 36.5 Å². The average Bonchev–Trinajstić information content (AvgIpc) is 2.47. The van der Waals surface area contributed by atoms with Crippen molar-refractivity contribution in [1.82, 2.24) is 4.90 Å². The molecule has 5 nitrogen and oxygen atoms in total. The smallest absolute Gasteiger partial charge is 0.236 e. The molecule has 0 atom stereocenters. The Bertz CT molecular complexity index is 486. The van der Waals surface area contributed by atoms with Crippen LogP contribution in [0, 0.1) is 11.3 Å². The lowest BCUT2D eigenvalue weighted by molar-refractivity contribution is -0.130. The van der Waals surface area contributed by atoms with Crippen LogP contribution < -0.4 is 11.1 Å². The standard InChI is InChI=1S/C14H18N4O/c15-9-11-2-1-3-13(8-11)17-12-4-6-18(7-5-12)14(19)10-16/h1-3,8,12,17H,4-7,10,16H2. The summed E-state index contributed by atoms with van der Waals surface area (Å²) in [6.45, 7) is 1.57. The number of likely N-dealkylation sites (tertiary alicyclic amines) is 1. The average molecular weight is 258 g/mol. The van der Waals surface area contributed by atoms with Gasteiger partial charge < -0.3 is 16.0 Å². The lowest BCUT2D eigenvalue weighted by atomic mass is 10.0. The van der Waals surface area contributed by atoms with Crippen molar-refractivity contribution in [2.75, 3.05) is 25.0 Å². The fraction of sp³-hybridized carbons (Fsp3) is 0.429. The molecule has 1 heterocycles. The Morgan fingerprint density at radius 3 is 2.84 bits per heavy atom. The van der Waals surface area contributed by atoms with Gasteiger partial charge in [-0.1, -0.05) is 6.07 Å². The van der Waals surface area contributed by atoms with Crippen LogP contribution in [0.25, 0.3) is 0 Å². The summed E-state index contributed by atoms with van der Waals surface area (Å²) in [4.78, 5) is 13.3. The monoisotopic (exact) mass is 258 g/mol. The molecule has 0 bridgehead atoms. The van der Waals surface area contributed by atoms with E-state index in [1.54, 1.807) is 6.07 Å². The van der Waals surface area contributed by atoms with Crippen molar-refractivity contribution in [2.24, 2.45) is 5.73 Å². The van der Waals surface area contributed by atoms with Gasteiger partial charge in [-0.3, -0.25) is 4.79 Å². The molecule has 0 radical (unpaired) electrons. The van der Waals surface area contributed by atoms with Crippen molar-refractivity contribution >= 4 is 11.6 Å². The summed E-state index contributed by atoms with van der Waals surface area (Å²) in [5.41, 5.74) is 6.97. The summed E-state index contributed by atoms with van der Waals surface area (Å²) in [5.74, 6) is 0.0185. The van der Waals surface area contributed by atoms with Crippen LogP contribution in [-0.2, 0) is 4.79 Å². The van der Waals surface area contributed by atoms with Crippen LogP contribution in [0.3, 0.4) is 0 Å². The van der Waals surface area contributed by atoms with E-state index in [2.05, 4.69) is 11.4 Å². The summed E-state index contributed by atoms with van der Waals surface area (Å²) < 4.78 is 0. The fourth-order valence-corrected chi connectivity index (χ4v) is 2.32. The van der Waals surface area contributed by atoms with Gasteiger partial charge in [0.05, 0.1) is 18.2 Å². The van der Waals surface area contributed by atoms with E-state index >= 15 is 0 Å². The Morgan fingerprint density at radius 1 is 1.47 bits per heavy atom. The van der Waals surface area contributed by atoms with Gasteiger partial charge in [0.15, 0.2) is 0 Å². The quantitative estimate of drug-likeness (QED) is 0.844. The Hall–Kier alpha value is -2.06. The van der Waals surface area contributed by atoms with Crippen molar-refractivity contribution in [3.63, 3.8) is 0 Å². The first-order valence-corrected chi connectivity index (χ1v) is 6.47. The van der Waals surface area contributed by atoms with E-state index in [0.717, 1.165) is 31.6 Å². The number of hydrogen-bond donors (Lipinski definition) is 2. The van der Waals surface area contributed by atoms with E-state index < -0.39 is 0 Å². The van der Waals surface area contributed by atoms with Crippen molar-refractivity contribution in [2.45, 2.75) is 18.9 Å². The Balaban J connectivity index is 1.89. The van der Waals surface area contributed by atoms with Crippen molar-refractivity contribution in [1.29, 1.82) is 5.26 Å². The Kier molecular flexibility index (Phi) is 4.37. The molecule has 0 unspecified atom stereocenters. The highest BCUT2D eigenvalue weighted by molar-refractivity contribution is 5.78. The largest absolute Gasteiger partial charge is 0.382 e. The summed E-state index contributed by atoms with van der Waals surface area (Å²) >= 11 is 0. The maximum absolute atomic E-state index is 11.5. The number of benzene rings is 1. The van der Waals surface area contributed by atoms with Gasteiger partial charge in [-0.05, 0) is 31.0 Å². The molecule has 1 aromatic carbocycles. The second-order valence-electron chi connectivity index (χ2n) is 4.70. The van der Waals surface area contributed by atoms with Crippen LogP contribution >= 0.6 is 0 Å². The summed E-state index contributed by atoms with van der Waals surface area (Å²) in [7, 11) is 0. The summed E-state index contributed by atoms with van der Waals surface area (Å²) in [6.07, 6.45) is 1.81. The molecule has 1 amide bonds. The zero-order chi connectivity index (χ0) is 13.7. The van der Waals surface area contributed by atoms with Crippen LogP contribution in [0.5, 0.6) is 0 Å². The normalized spacial score (nSPS) is 15.9. The third kappa shape index (κ3) is 3.46. The lowest BCUT2D eigenvalue weighted by Crippen LogP contribution is -2.44. The topological polar surface area (TPSA) is 82.2 Å². The number of nitriles is 1. The molecule has 1 fully saturated rings. The zero-order valence-corrected chi connectivity index (χ0v) is 10.8. The van der Waals surface area contributed by atoms with Crippen molar-refractivity contribution in [3.05, 3.63) is 29.8 Å². The minimum atomic E-state index is 0.0185. The number of hydrogen-bond acceptors (Lipinski definition) is 4. The second kappa shape index (κ2) is 6.21. The summed E-state index contributed by atoms with van der Waals surface area (Å²) in [5, 5.41) is 12.3. The van der Waals surface area contributed by atoms with Gasteiger partial charge in [-0.2, -0.15) is 5.26 Å². The van der Waals surface area contributed by atoms with Crippen LogP contribution in [0.1, 0.15) is 18.4 Å². The predicted octanol–water partition coefficient (Wildman–Crippen LogP) is 0.920. The number of nitrogens with one attached hydrogen (secondary N) is 1. The zero-order valence-electron chi connectivity index (χ0n) is 10.8. The molecule has 100 valence electrons.